The van der Waals surface area contributed by atoms with Gasteiger partial charge in [0.1, 0.15) is 12.4 Å². The van der Waals surface area contributed by atoms with E-state index in [9.17, 15) is 0 Å². The van der Waals surface area contributed by atoms with E-state index in [0.29, 0.717) is 12.6 Å². The second-order valence-electron chi connectivity index (χ2n) is 5.53. The van der Waals surface area contributed by atoms with Crippen LogP contribution in [0.4, 0.5) is 0 Å². The summed E-state index contributed by atoms with van der Waals surface area (Å²) in [5.74, 6) is 0.942. The third-order valence-corrected chi connectivity index (χ3v) is 3.73. The van der Waals surface area contributed by atoms with Crippen molar-refractivity contribution in [3.8, 4) is 5.75 Å². The molecule has 0 atom stereocenters. The van der Waals surface area contributed by atoms with E-state index in [4.69, 9.17) is 9.84 Å². The van der Waals surface area contributed by atoms with Gasteiger partial charge in [0.2, 0.25) is 0 Å². The minimum atomic E-state index is 0.0802. The van der Waals surface area contributed by atoms with Gasteiger partial charge in [-0.1, -0.05) is 42.5 Å². The van der Waals surface area contributed by atoms with Crippen LogP contribution < -0.4 is 10.1 Å². The van der Waals surface area contributed by atoms with Crippen LogP contribution in [0.2, 0.25) is 0 Å². The number of ether oxygens (including phenoxy) is 1. The molecule has 21 heavy (non-hydrogen) atoms. The van der Waals surface area contributed by atoms with E-state index >= 15 is 0 Å². The Morgan fingerprint density at radius 2 is 1.71 bits per heavy atom. The molecule has 3 rings (SSSR count). The first kappa shape index (κ1) is 14.1. The molecule has 0 bridgehead atoms. The molecule has 1 fully saturated rings. The van der Waals surface area contributed by atoms with Crippen molar-refractivity contribution in [2.45, 2.75) is 38.6 Å². The lowest BCUT2D eigenvalue weighted by atomic mass is 10.1. The predicted molar refractivity (Wildman–Crippen MR) is 83.0 cm³/mol. The third kappa shape index (κ3) is 4.06. The lowest BCUT2D eigenvalue weighted by Crippen LogP contribution is -2.16. The molecule has 0 spiro atoms. The van der Waals surface area contributed by atoms with Gasteiger partial charge in [-0.15, -0.1) is 0 Å². The van der Waals surface area contributed by atoms with Gasteiger partial charge >= 0.3 is 0 Å². The van der Waals surface area contributed by atoms with Crippen molar-refractivity contribution in [1.82, 2.24) is 5.32 Å². The average Bonchev–Trinajstić information content (AvgIpc) is 3.36. The fourth-order valence-electron chi connectivity index (χ4n) is 2.23. The highest BCUT2D eigenvalue weighted by molar-refractivity contribution is 5.33. The monoisotopic (exact) mass is 283 g/mol. The van der Waals surface area contributed by atoms with Crippen LogP contribution in [0.15, 0.2) is 48.5 Å². The molecule has 2 aromatic rings. The van der Waals surface area contributed by atoms with E-state index in [1.165, 1.54) is 18.4 Å². The van der Waals surface area contributed by atoms with Crippen LogP contribution >= 0.6 is 0 Å². The van der Waals surface area contributed by atoms with Gasteiger partial charge in [-0.25, -0.2) is 0 Å². The molecule has 110 valence electrons. The highest BCUT2D eigenvalue weighted by Gasteiger charge is 2.20. The number of para-hydroxylation sites is 1. The van der Waals surface area contributed by atoms with Gasteiger partial charge in [0.05, 0.1) is 6.61 Å². The zero-order valence-corrected chi connectivity index (χ0v) is 12.1. The number of rotatable bonds is 7. The number of aliphatic hydroxyl groups is 1. The average molecular weight is 283 g/mol. The number of hydrogen-bond acceptors (Lipinski definition) is 3. The summed E-state index contributed by atoms with van der Waals surface area (Å²) in [6.45, 7) is 1.49. The van der Waals surface area contributed by atoms with Gasteiger partial charge < -0.3 is 15.2 Å². The summed E-state index contributed by atoms with van der Waals surface area (Å²) in [6, 6.07) is 16.7. The maximum absolute atomic E-state index is 9.04. The van der Waals surface area contributed by atoms with Crippen molar-refractivity contribution >= 4 is 0 Å². The van der Waals surface area contributed by atoms with Crippen molar-refractivity contribution in [2.75, 3.05) is 0 Å². The Morgan fingerprint density at radius 1 is 1.00 bits per heavy atom. The maximum atomic E-state index is 9.04. The van der Waals surface area contributed by atoms with E-state index in [1.54, 1.807) is 0 Å². The van der Waals surface area contributed by atoms with Crippen molar-refractivity contribution < 1.29 is 9.84 Å². The minimum Gasteiger partial charge on any atom is -0.489 e. The van der Waals surface area contributed by atoms with Crippen LogP contribution in [0.1, 0.15) is 29.5 Å². The molecule has 2 aromatic carbocycles. The molecule has 0 unspecified atom stereocenters. The first-order valence-corrected chi connectivity index (χ1v) is 7.48. The largest absolute Gasteiger partial charge is 0.489 e. The Hall–Kier alpha value is -1.84. The number of aliphatic hydroxyl groups excluding tert-OH is 1. The van der Waals surface area contributed by atoms with Gasteiger partial charge in [0.15, 0.2) is 0 Å². The molecule has 1 aliphatic carbocycles. The highest BCUT2D eigenvalue weighted by Crippen LogP contribution is 2.23. The Bertz CT molecular complexity index is 576. The van der Waals surface area contributed by atoms with Crippen molar-refractivity contribution in [1.29, 1.82) is 0 Å². The molecule has 0 heterocycles. The van der Waals surface area contributed by atoms with Gasteiger partial charge in [-0.2, -0.15) is 0 Å². The molecule has 3 nitrogen and oxygen atoms in total. The Balaban J connectivity index is 1.60. The second-order valence-corrected chi connectivity index (χ2v) is 5.53. The fourth-order valence-corrected chi connectivity index (χ4v) is 2.23. The molecular formula is C18H21NO2. The lowest BCUT2D eigenvalue weighted by molar-refractivity contribution is 0.281. The van der Waals surface area contributed by atoms with Crippen molar-refractivity contribution in [2.24, 2.45) is 0 Å². The molecule has 0 amide bonds. The zero-order valence-electron chi connectivity index (χ0n) is 12.1. The van der Waals surface area contributed by atoms with Crippen molar-refractivity contribution in [3.05, 3.63) is 65.2 Å². The predicted octanol–water partition coefficient (Wildman–Crippen LogP) is 3.01. The number of hydrogen-bond donors (Lipinski definition) is 2. The lowest BCUT2D eigenvalue weighted by Gasteiger charge is -2.12. The first-order chi connectivity index (χ1) is 10.3. The van der Waals surface area contributed by atoms with Crippen molar-refractivity contribution in [3.63, 3.8) is 0 Å². The summed E-state index contributed by atoms with van der Waals surface area (Å²) in [5, 5.41) is 12.6. The summed E-state index contributed by atoms with van der Waals surface area (Å²) in [5.41, 5.74) is 3.24. The summed E-state index contributed by atoms with van der Waals surface area (Å²) in [4.78, 5) is 0. The number of nitrogens with one attached hydrogen (secondary N) is 1. The molecule has 0 radical (unpaired) electrons. The highest BCUT2D eigenvalue weighted by atomic mass is 16.5. The first-order valence-electron chi connectivity index (χ1n) is 7.48. The van der Waals surface area contributed by atoms with E-state index in [1.807, 2.05) is 42.5 Å². The van der Waals surface area contributed by atoms with Crippen LogP contribution in [0.3, 0.4) is 0 Å². The van der Waals surface area contributed by atoms with Gasteiger partial charge in [-0.3, -0.25) is 0 Å². The smallest absolute Gasteiger partial charge is 0.124 e. The topological polar surface area (TPSA) is 41.5 Å². The standard InChI is InChI=1S/C18H21NO2/c20-12-14-5-7-15(8-6-14)13-21-18-4-2-1-3-16(18)11-19-17-9-10-17/h1-8,17,19-20H,9-13H2. The van der Waals surface area contributed by atoms with Crippen LogP contribution in [0.5, 0.6) is 5.75 Å². The summed E-state index contributed by atoms with van der Waals surface area (Å²) in [6.07, 6.45) is 2.58. The van der Waals surface area contributed by atoms with E-state index in [0.717, 1.165) is 23.4 Å². The molecule has 0 aliphatic heterocycles. The fraction of sp³-hybridized carbons (Fsp3) is 0.333. The molecule has 1 saturated carbocycles. The Kier molecular flexibility index (Phi) is 4.53. The van der Waals surface area contributed by atoms with Gasteiger partial charge in [0.25, 0.3) is 0 Å². The van der Waals surface area contributed by atoms with Crippen LogP contribution in [-0.2, 0) is 19.8 Å². The van der Waals surface area contributed by atoms with E-state index < -0.39 is 0 Å². The Morgan fingerprint density at radius 3 is 2.43 bits per heavy atom. The van der Waals surface area contributed by atoms with Gasteiger partial charge in [0, 0.05) is 18.2 Å². The molecule has 0 aromatic heterocycles. The van der Waals surface area contributed by atoms with Crippen LogP contribution in [0.25, 0.3) is 0 Å². The van der Waals surface area contributed by atoms with Crippen LogP contribution in [0, 0.1) is 0 Å². The second kappa shape index (κ2) is 6.74. The Labute approximate surface area is 125 Å². The van der Waals surface area contributed by atoms with Crippen LogP contribution in [-0.4, -0.2) is 11.1 Å². The van der Waals surface area contributed by atoms with E-state index in [2.05, 4.69) is 11.4 Å². The maximum Gasteiger partial charge on any atom is 0.124 e. The molecule has 3 heteroatoms. The third-order valence-electron chi connectivity index (χ3n) is 3.73. The quantitative estimate of drug-likeness (QED) is 0.820. The SMILES string of the molecule is OCc1ccc(COc2ccccc2CNC2CC2)cc1. The molecule has 0 saturated heterocycles. The normalized spacial score (nSPS) is 14.1. The summed E-state index contributed by atoms with van der Waals surface area (Å²) in [7, 11) is 0. The molecule has 2 N–H and O–H groups in total. The number of benzene rings is 2. The zero-order chi connectivity index (χ0) is 14.5. The van der Waals surface area contributed by atoms with Gasteiger partial charge in [-0.05, 0) is 30.0 Å². The summed E-state index contributed by atoms with van der Waals surface area (Å²) >= 11 is 0. The minimum absolute atomic E-state index is 0.0802. The molecule has 1 aliphatic rings. The summed E-state index contributed by atoms with van der Waals surface area (Å²) < 4.78 is 5.95. The van der Waals surface area contributed by atoms with E-state index in [-0.39, 0.29) is 6.61 Å². The molecular weight excluding hydrogens is 262 g/mol.